The fourth-order valence-electron chi connectivity index (χ4n) is 2.36. The van der Waals surface area contributed by atoms with Crippen molar-refractivity contribution in [2.45, 2.75) is 62.8 Å². The molecule has 15 heavy (non-hydrogen) atoms. The fourth-order valence-corrected chi connectivity index (χ4v) is 3.00. The topological polar surface area (TPSA) is 32.3 Å². The zero-order valence-corrected chi connectivity index (χ0v) is 10.9. The van der Waals surface area contributed by atoms with Crippen LogP contribution in [0.3, 0.4) is 0 Å². The molecule has 3 heteroatoms. The third-order valence-corrected chi connectivity index (χ3v) is 4.56. The van der Waals surface area contributed by atoms with Gasteiger partial charge in [-0.2, -0.15) is 11.8 Å². The molecular weight excluding hydrogens is 206 g/mol. The second-order valence-electron chi connectivity index (χ2n) is 4.60. The van der Waals surface area contributed by atoms with E-state index in [1.165, 1.54) is 38.5 Å². The summed E-state index contributed by atoms with van der Waals surface area (Å²) in [5, 5.41) is 13.2. The summed E-state index contributed by atoms with van der Waals surface area (Å²) in [5.41, 5.74) is 0. The maximum Gasteiger partial charge on any atom is 0.0564 e. The summed E-state index contributed by atoms with van der Waals surface area (Å²) in [6, 6.07) is 1.11. The lowest BCUT2D eigenvalue weighted by molar-refractivity contribution is 0.267. The van der Waals surface area contributed by atoms with Crippen molar-refractivity contribution in [1.82, 2.24) is 5.32 Å². The second kappa shape index (κ2) is 7.53. The highest BCUT2D eigenvalue weighted by Gasteiger charge is 2.19. The zero-order chi connectivity index (χ0) is 11.1. The lowest BCUT2D eigenvalue weighted by atomic mass is 10.1. The highest BCUT2D eigenvalue weighted by molar-refractivity contribution is 7.99. The predicted octanol–water partition coefficient (Wildman–Crippen LogP) is 2.41. The molecule has 90 valence electrons. The quantitative estimate of drug-likeness (QED) is 0.713. The molecule has 1 rings (SSSR count). The van der Waals surface area contributed by atoms with Gasteiger partial charge < -0.3 is 10.4 Å². The van der Waals surface area contributed by atoms with E-state index in [-0.39, 0.29) is 6.61 Å². The van der Waals surface area contributed by atoms with Crippen molar-refractivity contribution in [3.8, 4) is 0 Å². The third-order valence-electron chi connectivity index (χ3n) is 3.39. The van der Waals surface area contributed by atoms with Crippen molar-refractivity contribution in [2.75, 3.05) is 12.9 Å². The molecule has 0 radical (unpaired) electrons. The van der Waals surface area contributed by atoms with Gasteiger partial charge in [-0.05, 0) is 26.0 Å². The van der Waals surface area contributed by atoms with Gasteiger partial charge in [0.25, 0.3) is 0 Å². The van der Waals surface area contributed by atoms with Crippen LogP contribution in [0.2, 0.25) is 0 Å². The van der Waals surface area contributed by atoms with Crippen molar-refractivity contribution < 1.29 is 5.11 Å². The van der Waals surface area contributed by atoms with Gasteiger partial charge in [-0.25, -0.2) is 0 Å². The Bertz CT molecular complexity index is 154. The van der Waals surface area contributed by atoms with Gasteiger partial charge in [-0.15, -0.1) is 0 Å². The van der Waals surface area contributed by atoms with Gasteiger partial charge in [0.2, 0.25) is 0 Å². The van der Waals surface area contributed by atoms with Gasteiger partial charge in [0, 0.05) is 17.3 Å². The van der Waals surface area contributed by atoms with Gasteiger partial charge in [0.15, 0.2) is 0 Å². The molecule has 1 fully saturated rings. The largest absolute Gasteiger partial charge is 0.395 e. The molecule has 1 aliphatic carbocycles. The molecule has 0 aromatic heterocycles. The SMILES string of the molecule is CSC(CO)C(C)NC1CCCCCC1. The summed E-state index contributed by atoms with van der Waals surface area (Å²) >= 11 is 1.76. The van der Waals surface area contributed by atoms with Crippen LogP contribution in [-0.4, -0.2) is 35.3 Å². The van der Waals surface area contributed by atoms with Crippen molar-refractivity contribution in [2.24, 2.45) is 0 Å². The summed E-state index contributed by atoms with van der Waals surface area (Å²) in [4.78, 5) is 0. The molecule has 2 atom stereocenters. The monoisotopic (exact) mass is 231 g/mol. The Balaban J connectivity index is 2.31. The van der Waals surface area contributed by atoms with Gasteiger partial charge in [0.05, 0.1) is 6.61 Å². The normalized spacial score (nSPS) is 23.4. The minimum absolute atomic E-state index is 0.280. The number of hydrogen-bond acceptors (Lipinski definition) is 3. The van der Waals surface area contributed by atoms with E-state index in [1.54, 1.807) is 11.8 Å². The standard InChI is InChI=1S/C12H25NOS/c1-10(12(9-14)15-2)13-11-7-5-3-4-6-8-11/h10-14H,3-9H2,1-2H3. The number of rotatable bonds is 5. The molecule has 0 saturated heterocycles. The average Bonchev–Trinajstić information content (AvgIpc) is 2.48. The molecule has 2 nitrogen and oxygen atoms in total. The molecular formula is C12H25NOS. The summed E-state index contributed by atoms with van der Waals surface area (Å²) in [6.07, 6.45) is 10.2. The fraction of sp³-hybridized carbons (Fsp3) is 1.00. The Morgan fingerprint density at radius 1 is 1.27 bits per heavy atom. The molecule has 2 N–H and O–H groups in total. The smallest absolute Gasteiger partial charge is 0.0564 e. The summed E-state index contributed by atoms with van der Waals surface area (Å²) in [5.74, 6) is 0. The van der Waals surface area contributed by atoms with Crippen LogP contribution in [0, 0.1) is 0 Å². The van der Waals surface area contributed by atoms with Crippen LogP contribution >= 0.6 is 11.8 Å². The van der Waals surface area contributed by atoms with Crippen molar-refractivity contribution in [1.29, 1.82) is 0 Å². The minimum Gasteiger partial charge on any atom is -0.395 e. The van der Waals surface area contributed by atoms with Crippen molar-refractivity contribution >= 4 is 11.8 Å². The summed E-state index contributed by atoms with van der Waals surface area (Å²) in [6.45, 7) is 2.48. The zero-order valence-electron chi connectivity index (χ0n) is 10.0. The maximum absolute atomic E-state index is 9.22. The van der Waals surface area contributed by atoms with Crippen LogP contribution in [-0.2, 0) is 0 Å². The van der Waals surface area contributed by atoms with Gasteiger partial charge in [0.1, 0.15) is 0 Å². The predicted molar refractivity (Wildman–Crippen MR) is 68.5 cm³/mol. The van der Waals surface area contributed by atoms with E-state index in [1.807, 2.05) is 0 Å². The first-order chi connectivity index (χ1) is 7.27. The first-order valence-electron chi connectivity index (χ1n) is 6.17. The van der Waals surface area contributed by atoms with E-state index < -0.39 is 0 Å². The van der Waals surface area contributed by atoms with Crippen LogP contribution in [0.25, 0.3) is 0 Å². The first-order valence-corrected chi connectivity index (χ1v) is 7.46. The Kier molecular flexibility index (Phi) is 6.69. The van der Waals surface area contributed by atoms with Gasteiger partial charge in [-0.1, -0.05) is 25.7 Å². The molecule has 0 spiro atoms. The van der Waals surface area contributed by atoms with Crippen molar-refractivity contribution in [3.63, 3.8) is 0 Å². The Labute approximate surface area is 98.2 Å². The maximum atomic E-state index is 9.22. The third kappa shape index (κ3) is 4.75. The lowest BCUT2D eigenvalue weighted by Gasteiger charge is -2.26. The van der Waals surface area contributed by atoms with Crippen LogP contribution in [0.4, 0.5) is 0 Å². The van der Waals surface area contributed by atoms with E-state index in [9.17, 15) is 5.11 Å². The van der Waals surface area contributed by atoms with E-state index in [0.717, 1.165) is 0 Å². The van der Waals surface area contributed by atoms with Crippen LogP contribution in [0.15, 0.2) is 0 Å². The highest BCUT2D eigenvalue weighted by atomic mass is 32.2. The van der Waals surface area contributed by atoms with Gasteiger partial charge in [-0.3, -0.25) is 0 Å². The molecule has 0 aliphatic heterocycles. The summed E-state index contributed by atoms with van der Waals surface area (Å²) < 4.78 is 0. The molecule has 0 heterocycles. The van der Waals surface area contributed by atoms with Gasteiger partial charge >= 0.3 is 0 Å². The van der Waals surface area contributed by atoms with E-state index >= 15 is 0 Å². The molecule has 2 unspecified atom stereocenters. The number of hydrogen-bond donors (Lipinski definition) is 2. The molecule has 0 amide bonds. The number of aliphatic hydroxyl groups excluding tert-OH is 1. The minimum atomic E-state index is 0.280. The second-order valence-corrected chi connectivity index (χ2v) is 5.68. The van der Waals surface area contributed by atoms with E-state index in [2.05, 4.69) is 18.5 Å². The number of nitrogens with one attached hydrogen (secondary N) is 1. The Hall–Kier alpha value is 0.270. The number of aliphatic hydroxyl groups is 1. The highest BCUT2D eigenvalue weighted by Crippen LogP contribution is 2.19. The molecule has 0 bridgehead atoms. The van der Waals surface area contributed by atoms with E-state index in [0.29, 0.717) is 17.3 Å². The molecule has 1 aliphatic rings. The number of thioether (sulfide) groups is 1. The molecule has 0 aromatic rings. The van der Waals surface area contributed by atoms with Crippen LogP contribution < -0.4 is 5.32 Å². The summed E-state index contributed by atoms with van der Waals surface area (Å²) in [7, 11) is 0. The first kappa shape index (κ1) is 13.3. The molecule has 0 aromatic carbocycles. The Morgan fingerprint density at radius 3 is 2.33 bits per heavy atom. The molecule has 1 saturated carbocycles. The lowest BCUT2D eigenvalue weighted by Crippen LogP contribution is -2.43. The van der Waals surface area contributed by atoms with Crippen LogP contribution in [0.1, 0.15) is 45.4 Å². The van der Waals surface area contributed by atoms with Crippen molar-refractivity contribution in [3.05, 3.63) is 0 Å². The Morgan fingerprint density at radius 2 is 1.87 bits per heavy atom. The van der Waals surface area contributed by atoms with E-state index in [4.69, 9.17) is 0 Å². The van der Waals surface area contributed by atoms with Crippen LogP contribution in [0.5, 0.6) is 0 Å². The average molecular weight is 231 g/mol.